The maximum atomic E-state index is 12.3. The van der Waals surface area contributed by atoms with Crippen molar-refractivity contribution >= 4 is 17.6 Å². The molecule has 1 aliphatic carbocycles. The van der Waals surface area contributed by atoms with E-state index in [2.05, 4.69) is 10.3 Å². The van der Waals surface area contributed by atoms with E-state index in [9.17, 15) is 9.59 Å². The first-order chi connectivity index (χ1) is 10.5. The van der Waals surface area contributed by atoms with Crippen LogP contribution in [0.3, 0.4) is 0 Å². The van der Waals surface area contributed by atoms with Gasteiger partial charge in [-0.3, -0.25) is 9.59 Å². The van der Waals surface area contributed by atoms with Crippen molar-refractivity contribution in [3.8, 4) is 0 Å². The van der Waals surface area contributed by atoms with Crippen molar-refractivity contribution in [3.63, 3.8) is 0 Å². The summed E-state index contributed by atoms with van der Waals surface area (Å²) in [7, 11) is 0. The van der Waals surface area contributed by atoms with Gasteiger partial charge in [-0.2, -0.15) is 0 Å². The topological polar surface area (TPSA) is 88.3 Å². The lowest BCUT2D eigenvalue weighted by molar-refractivity contribution is -0.136. The Bertz CT molecular complexity index is 572. The third kappa shape index (κ3) is 3.11. The summed E-state index contributed by atoms with van der Waals surface area (Å²) < 4.78 is 0. The second-order valence-corrected chi connectivity index (χ2v) is 6.43. The lowest BCUT2D eigenvalue weighted by Gasteiger charge is -2.33. The van der Waals surface area contributed by atoms with Gasteiger partial charge in [-0.25, -0.2) is 4.98 Å². The molecule has 22 heavy (non-hydrogen) atoms. The quantitative estimate of drug-likeness (QED) is 0.874. The Morgan fingerprint density at radius 3 is 2.55 bits per heavy atom. The Hall–Kier alpha value is -1.95. The van der Waals surface area contributed by atoms with Gasteiger partial charge in [-0.05, 0) is 44.2 Å². The van der Waals surface area contributed by atoms with E-state index >= 15 is 0 Å². The Morgan fingerprint density at radius 2 is 2.00 bits per heavy atom. The number of amides is 2. The summed E-state index contributed by atoms with van der Waals surface area (Å²) in [6, 6.07) is 3.72. The highest BCUT2D eigenvalue weighted by Crippen LogP contribution is 2.35. The lowest BCUT2D eigenvalue weighted by atomic mass is 9.95. The molecule has 0 unspecified atom stereocenters. The number of hydrogen-bond donors (Lipinski definition) is 2. The number of nitrogens with zero attached hydrogens (tertiary/aromatic N) is 2. The molecule has 1 aliphatic heterocycles. The highest BCUT2D eigenvalue weighted by molar-refractivity contribution is 5.92. The highest BCUT2D eigenvalue weighted by Gasteiger charge is 2.48. The van der Waals surface area contributed by atoms with Crippen molar-refractivity contribution < 1.29 is 9.59 Å². The van der Waals surface area contributed by atoms with Gasteiger partial charge in [0.2, 0.25) is 11.8 Å². The van der Waals surface area contributed by atoms with Crippen LogP contribution in [-0.4, -0.2) is 40.3 Å². The second-order valence-electron chi connectivity index (χ2n) is 6.43. The largest absolute Gasteiger partial charge is 0.341 e. The van der Waals surface area contributed by atoms with Gasteiger partial charge in [0.05, 0.1) is 5.54 Å². The molecule has 0 aromatic carbocycles. The molecule has 2 amide bonds. The molecule has 0 radical (unpaired) electrons. The van der Waals surface area contributed by atoms with Crippen LogP contribution >= 0.6 is 0 Å². The van der Waals surface area contributed by atoms with Gasteiger partial charge in [0.15, 0.2) is 0 Å². The zero-order valence-corrected chi connectivity index (χ0v) is 12.8. The van der Waals surface area contributed by atoms with E-state index in [1.165, 1.54) is 0 Å². The first kappa shape index (κ1) is 15.0. The van der Waals surface area contributed by atoms with Crippen LogP contribution in [0.5, 0.6) is 0 Å². The summed E-state index contributed by atoms with van der Waals surface area (Å²) in [5.41, 5.74) is 6.40. The van der Waals surface area contributed by atoms with E-state index < -0.39 is 5.54 Å². The number of carbonyl (C=O) groups excluding carboxylic acids is 2. The Kier molecular flexibility index (Phi) is 3.87. The molecular formula is C16H22N4O2. The zero-order valence-electron chi connectivity index (χ0n) is 12.8. The summed E-state index contributed by atoms with van der Waals surface area (Å²) in [5.74, 6) is 0.539. The maximum Gasteiger partial charge on any atom is 0.242 e. The molecule has 2 fully saturated rings. The average molecular weight is 302 g/mol. The number of rotatable bonds is 3. The molecule has 3 rings (SSSR count). The first-order valence-electron chi connectivity index (χ1n) is 7.80. The van der Waals surface area contributed by atoms with Gasteiger partial charge in [-0.1, -0.05) is 6.07 Å². The number of aromatic nitrogens is 1. The van der Waals surface area contributed by atoms with E-state index in [0.717, 1.165) is 18.4 Å². The molecule has 0 spiro atoms. The van der Waals surface area contributed by atoms with Crippen LogP contribution in [0.15, 0.2) is 18.3 Å². The van der Waals surface area contributed by atoms with Crippen LogP contribution in [0.4, 0.5) is 5.82 Å². The molecule has 2 heterocycles. The Morgan fingerprint density at radius 1 is 1.32 bits per heavy atom. The van der Waals surface area contributed by atoms with E-state index in [4.69, 9.17) is 5.73 Å². The van der Waals surface area contributed by atoms with Crippen LogP contribution in [0.1, 0.15) is 31.2 Å². The summed E-state index contributed by atoms with van der Waals surface area (Å²) in [6.07, 6.45) is 4.66. The second kappa shape index (κ2) is 5.68. The Labute approximate surface area is 130 Å². The number of piperidine rings is 1. The van der Waals surface area contributed by atoms with Crippen LogP contribution in [0.2, 0.25) is 0 Å². The molecule has 118 valence electrons. The number of nitrogens with two attached hydrogens (primary N) is 1. The first-order valence-corrected chi connectivity index (χ1v) is 7.80. The fourth-order valence-corrected chi connectivity index (χ4v) is 2.78. The average Bonchev–Trinajstić information content (AvgIpc) is 3.28. The smallest absolute Gasteiger partial charge is 0.242 e. The number of aryl methyl sites for hydroxylation is 1. The van der Waals surface area contributed by atoms with Crippen molar-refractivity contribution in [2.24, 2.45) is 11.7 Å². The Balaban J connectivity index is 1.51. The zero-order chi connectivity index (χ0) is 15.7. The van der Waals surface area contributed by atoms with E-state index in [0.29, 0.717) is 31.7 Å². The molecule has 0 bridgehead atoms. The lowest BCUT2D eigenvalue weighted by Crippen LogP contribution is -2.49. The predicted octanol–water partition coefficient (Wildman–Crippen LogP) is 1.06. The molecule has 2 aliphatic rings. The summed E-state index contributed by atoms with van der Waals surface area (Å²) in [5, 5.41) is 2.85. The molecular weight excluding hydrogens is 280 g/mol. The van der Waals surface area contributed by atoms with Gasteiger partial charge >= 0.3 is 0 Å². The molecule has 6 nitrogen and oxygen atoms in total. The number of nitrogens with one attached hydrogen (secondary N) is 1. The van der Waals surface area contributed by atoms with Crippen LogP contribution < -0.4 is 11.1 Å². The summed E-state index contributed by atoms with van der Waals surface area (Å²) >= 11 is 0. The fourth-order valence-electron chi connectivity index (χ4n) is 2.78. The van der Waals surface area contributed by atoms with Crippen molar-refractivity contribution in [1.29, 1.82) is 0 Å². The highest BCUT2D eigenvalue weighted by atomic mass is 16.2. The number of hydrogen-bond acceptors (Lipinski definition) is 4. The van der Waals surface area contributed by atoms with Crippen LogP contribution in [0, 0.1) is 12.8 Å². The summed E-state index contributed by atoms with van der Waals surface area (Å²) in [4.78, 5) is 30.4. The van der Waals surface area contributed by atoms with Gasteiger partial charge in [0.25, 0.3) is 0 Å². The third-order valence-electron chi connectivity index (χ3n) is 4.53. The SMILES string of the molecule is Cc1ccc(NC(=O)C2CCN(C(=O)C3(N)CC3)CC2)nc1. The molecule has 1 aromatic rings. The number of pyridine rings is 1. The summed E-state index contributed by atoms with van der Waals surface area (Å²) in [6.45, 7) is 3.17. The third-order valence-corrected chi connectivity index (χ3v) is 4.53. The molecule has 1 aromatic heterocycles. The van der Waals surface area contributed by atoms with E-state index in [1.807, 2.05) is 13.0 Å². The van der Waals surface area contributed by atoms with Gasteiger partial charge in [-0.15, -0.1) is 0 Å². The minimum Gasteiger partial charge on any atom is -0.341 e. The predicted molar refractivity (Wildman–Crippen MR) is 83.1 cm³/mol. The number of anilines is 1. The number of carbonyl (C=O) groups is 2. The molecule has 0 atom stereocenters. The monoisotopic (exact) mass is 302 g/mol. The molecule has 3 N–H and O–H groups in total. The van der Waals surface area contributed by atoms with Gasteiger partial charge in [0, 0.05) is 25.2 Å². The molecule has 6 heteroatoms. The minimum absolute atomic E-state index is 0.0164. The van der Waals surface area contributed by atoms with Crippen LogP contribution in [-0.2, 0) is 9.59 Å². The fraction of sp³-hybridized carbons (Fsp3) is 0.562. The van der Waals surface area contributed by atoms with Crippen molar-refractivity contribution in [2.75, 3.05) is 18.4 Å². The van der Waals surface area contributed by atoms with Gasteiger partial charge < -0.3 is 16.0 Å². The molecule has 1 saturated heterocycles. The molecule has 1 saturated carbocycles. The van der Waals surface area contributed by atoms with E-state index in [1.54, 1.807) is 17.2 Å². The van der Waals surface area contributed by atoms with Crippen LogP contribution in [0.25, 0.3) is 0 Å². The van der Waals surface area contributed by atoms with Crippen molar-refractivity contribution in [1.82, 2.24) is 9.88 Å². The normalized spacial score (nSPS) is 20.5. The van der Waals surface area contributed by atoms with Gasteiger partial charge in [0.1, 0.15) is 5.82 Å². The van der Waals surface area contributed by atoms with Crippen molar-refractivity contribution in [3.05, 3.63) is 23.9 Å². The minimum atomic E-state index is -0.610. The maximum absolute atomic E-state index is 12.3. The standard InChI is InChI=1S/C16H22N4O2/c1-11-2-3-13(18-10-11)19-14(21)12-4-8-20(9-5-12)15(22)16(17)6-7-16/h2-3,10,12H,4-9,17H2,1H3,(H,18,19,21). The number of likely N-dealkylation sites (tertiary alicyclic amines) is 1. The van der Waals surface area contributed by atoms with Crippen molar-refractivity contribution in [2.45, 2.75) is 38.1 Å². The van der Waals surface area contributed by atoms with E-state index in [-0.39, 0.29) is 17.7 Å².